The Hall–Kier alpha value is -0.120. The lowest BCUT2D eigenvalue weighted by molar-refractivity contribution is 0.162. The molecular weight excluding hydrogens is 178 g/mol. The third-order valence-corrected chi connectivity index (χ3v) is 2.78. The summed E-state index contributed by atoms with van der Waals surface area (Å²) in [5, 5.41) is 12.6. The van der Waals surface area contributed by atoms with E-state index in [2.05, 4.69) is 26.1 Å². The summed E-state index contributed by atoms with van der Waals surface area (Å²) in [4.78, 5) is 0. The topological polar surface area (TPSA) is 41.5 Å². The van der Waals surface area contributed by atoms with Gasteiger partial charge in [0.25, 0.3) is 0 Å². The van der Waals surface area contributed by atoms with Gasteiger partial charge in [-0.1, -0.05) is 20.3 Å². The maximum atomic E-state index is 9.21. The van der Waals surface area contributed by atoms with Gasteiger partial charge in [-0.05, 0) is 19.3 Å². The summed E-state index contributed by atoms with van der Waals surface area (Å²) in [5.74, 6) is 0.519. The van der Waals surface area contributed by atoms with Crippen LogP contribution in [-0.4, -0.2) is 37.5 Å². The molecule has 0 fully saturated rings. The van der Waals surface area contributed by atoms with Crippen LogP contribution in [0.15, 0.2) is 0 Å². The first-order valence-corrected chi connectivity index (χ1v) is 5.51. The Balaban J connectivity index is 3.79. The van der Waals surface area contributed by atoms with Gasteiger partial charge >= 0.3 is 0 Å². The Kier molecular flexibility index (Phi) is 8.14. The minimum absolute atomic E-state index is 0.215. The molecule has 86 valence electrons. The maximum absolute atomic E-state index is 9.21. The summed E-state index contributed by atoms with van der Waals surface area (Å²) < 4.78 is 5.01. The fourth-order valence-electron chi connectivity index (χ4n) is 1.42. The molecule has 3 atom stereocenters. The minimum atomic E-state index is 0.215. The summed E-state index contributed by atoms with van der Waals surface area (Å²) in [5.41, 5.74) is 0. The number of ether oxygens (including phenoxy) is 1. The average Bonchev–Trinajstić information content (AvgIpc) is 2.21. The van der Waals surface area contributed by atoms with Crippen LogP contribution in [0.2, 0.25) is 0 Å². The molecule has 0 aliphatic rings. The molecule has 0 bridgehead atoms. The second kappa shape index (κ2) is 8.21. The molecule has 0 aliphatic heterocycles. The van der Waals surface area contributed by atoms with E-state index >= 15 is 0 Å². The molecule has 0 amide bonds. The van der Waals surface area contributed by atoms with Gasteiger partial charge in [-0.3, -0.25) is 0 Å². The van der Waals surface area contributed by atoms with Gasteiger partial charge in [0, 0.05) is 25.8 Å². The summed E-state index contributed by atoms with van der Waals surface area (Å²) in [6, 6.07) is 0.618. The van der Waals surface area contributed by atoms with Crippen LogP contribution in [0.5, 0.6) is 0 Å². The molecule has 0 saturated heterocycles. The first-order chi connectivity index (χ1) is 6.65. The van der Waals surface area contributed by atoms with E-state index in [-0.39, 0.29) is 12.6 Å². The standard InChI is InChI=1S/C11H25NO2/c1-5-9(2)11(8-13)12-10(3)6-7-14-4/h9-13H,5-8H2,1-4H3. The quantitative estimate of drug-likeness (QED) is 0.626. The van der Waals surface area contributed by atoms with E-state index in [1.165, 1.54) is 0 Å². The Labute approximate surface area is 87.8 Å². The Morgan fingerprint density at radius 3 is 2.43 bits per heavy atom. The van der Waals surface area contributed by atoms with Gasteiger partial charge in [-0.25, -0.2) is 0 Å². The largest absolute Gasteiger partial charge is 0.395 e. The van der Waals surface area contributed by atoms with Gasteiger partial charge in [0.15, 0.2) is 0 Å². The lowest BCUT2D eigenvalue weighted by Crippen LogP contribution is -2.43. The first-order valence-electron chi connectivity index (χ1n) is 5.51. The van der Waals surface area contributed by atoms with Crippen LogP contribution in [0.4, 0.5) is 0 Å². The molecule has 0 saturated carbocycles. The van der Waals surface area contributed by atoms with Crippen LogP contribution >= 0.6 is 0 Å². The molecule has 0 rings (SSSR count). The van der Waals surface area contributed by atoms with Gasteiger partial charge < -0.3 is 15.2 Å². The van der Waals surface area contributed by atoms with Crippen LogP contribution in [0.3, 0.4) is 0 Å². The van der Waals surface area contributed by atoms with Gasteiger partial charge in [0.1, 0.15) is 0 Å². The van der Waals surface area contributed by atoms with E-state index in [4.69, 9.17) is 4.74 Å². The van der Waals surface area contributed by atoms with Crippen molar-refractivity contribution in [2.24, 2.45) is 5.92 Å². The van der Waals surface area contributed by atoms with Gasteiger partial charge in [-0.2, -0.15) is 0 Å². The molecular formula is C11H25NO2. The predicted molar refractivity (Wildman–Crippen MR) is 59.4 cm³/mol. The Bertz CT molecular complexity index is 130. The number of nitrogens with one attached hydrogen (secondary N) is 1. The molecule has 0 radical (unpaired) electrons. The molecule has 0 spiro atoms. The molecule has 14 heavy (non-hydrogen) atoms. The van der Waals surface area contributed by atoms with Crippen LogP contribution in [-0.2, 0) is 4.74 Å². The zero-order chi connectivity index (χ0) is 11.0. The van der Waals surface area contributed by atoms with Crippen molar-refractivity contribution in [2.75, 3.05) is 20.3 Å². The second-order valence-electron chi connectivity index (χ2n) is 4.02. The highest BCUT2D eigenvalue weighted by Crippen LogP contribution is 2.08. The van der Waals surface area contributed by atoms with Crippen molar-refractivity contribution in [1.82, 2.24) is 5.32 Å². The third-order valence-electron chi connectivity index (χ3n) is 2.78. The van der Waals surface area contributed by atoms with Crippen molar-refractivity contribution >= 4 is 0 Å². The van der Waals surface area contributed by atoms with Gasteiger partial charge in [-0.15, -0.1) is 0 Å². The molecule has 3 unspecified atom stereocenters. The van der Waals surface area contributed by atoms with Crippen molar-refractivity contribution in [1.29, 1.82) is 0 Å². The molecule has 0 aromatic rings. The van der Waals surface area contributed by atoms with Crippen molar-refractivity contribution in [2.45, 2.75) is 45.7 Å². The molecule has 2 N–H and O–H groups in total. The number of hydrogen-bond donors (Lipinski definition) is 2. The SMILES string of the molecule is CCC(C)C(CO)NC(C)CCOC. The summed E-state index contributed by atoms with van der Waals surface area (Å²) in [7, 11) is 1.71. The Morgan fingerprint density at radius 1 is 1.36 bits per heavy atom. The highest BCUT2D eigenvalue weighted by Gasteiger charge is 2.16. The zero-order valence-electron chi connectivity index (χ0n) is 9.92. The van der Waals surface area contributed by atoms with E-state index in [0.29, 0.717) is 12.0 Å². The van der Waals surface area contributed by atoms with Crippen molar-refractivity contribution < 1.29 is 9.84 Å². The fraction of sp³-hybridized carbons (Fsp3) is 1.00. The van der Waals surface area contributed by atoms with E-state index in [9.17, 15) is 5.11 Å². The number of hydrogen-bond acceptors (Lipinski definition) is 3. The number of methoxy groups -OCH3 is 1. The van der Waals surface area contributed by atoms with Crippen molar-refractivity contribution in [3.05, 3.63) is 0 Å². The predicted octanol–water partition coefficient (Wildman–Crippen LogP) is 1.41. The fourth-order valence-corrected chi connectivity index (χ4v) is 1.42. The van der Waals surface area contributed by atoms with E-state index in [1.54, 1.807) is 7.11 Å². The smallest absolute Gasteiger partial charge is 0.0587 e. The van der Waals surface area contributed by atoms with Crippen LogP contribution in [0.25, 0.3) is 0 Å². The third kappa shape index (κ3) is 5.58. The minimum Gasteiger partial charge on any atom is -0.395 e. The summed E-state index contributed by atoms with van der Waals surface area (Å²) in [6.45, 7) is 7.43. The van der Waals surface area contributed by atoms with Crippen LogP contribution in [0, 0.1) is 5.92 Å². The Morgan fingerprint density at radius 2 is 2.00 bits per heavy atom. The lowest BCUT2D eigenvalue weighted by atomic mass is 9.99. The normalized spacial score (nSPS) is 17.8. The number of rotatable bonds is 8. The monoisotopic (exact) mass is 203 g/mol. The van der Waals surface area contributed by atoms with Gasteiger partial charge in [0.05, 0.1) is 6.61 Å². The summed E-state index contributed by atoms with van der Waals surface area (Å²) >= 11 is 0. The molecule has 0 heterocycles. The lowest BCUT2D eigenvalue weighted by Gasteiger charge is -2.26. The van der Waals surface area contributed by atoms with Crippen LogP contribution in [0.1, 0.15) is 33.6 Å². The highest BCUT2D eigenvalue weighted by atomic mass is 16.5. The number of aliphatic hydroxyl groups is 1. The molecule has 0 aromatic heterocycles. The number of aliphatic hydroxyl groups excluding tert-OH is 1. The first kappa shape index (κ1) is 13.9. The second-order valence-corrected chi connectivity index (χ2v) is 4.02. The van der Waals surface area contributed by atoms with Crippen molar-refractivity contribution in [3.8, 4) is 0 Å². The average molecular weight is 203 g/mol. The van der Waals surface area contributed by atoms with E-state index in [1.807, 2.05) is 0 Å². The van der Waals surface area contributed by atoms with Gasteiger partial charge in [0.2, 0.25) is 0 Å². The molecule has 3 nitrogen and oxygen atoms in total. The molecule has 0 aromatic carbocycles. The highest BCUT2D eigenvalue weighted by molar-refractivity contribution is 4.75. The van der Waals surface area contributed by atoms with E-state index < -0.39 is 0 Å². The van der Waals surface area contributed by atoms with E-state index in [0.717, 1.165) is 19.4 Å². The molecule has 3 heteroatoms. The summed E-state index contributed by atoms with van der Waals surface area (Å²) in [6.07, 6.45) is 2.08. The maximum Gasteiger partial charge on any atom is 0.0587 e. The van der Waals surface area contributed by atoms with Crippen molar-refractivity contribution in [3.63, 3.8) is 0 Å². The zero-order valence-corrected chi connectivity index (χ0v) is 9.92. The molecule has 0 aliphatic carbocycles. The van der Waals surface area contributed by atoms with Crippen LogP contribution < -0.4 is 5.32 Å².